The van der Waals surface area contributed by atoms with Crippen LogP contribution in [0.2, 0.25) is 0 Å². The number of rotatable bonds is 6. The SMILES string of the molecule is CN1C(=O)[C@H](CC(=O)NCCSc2ccccn2)N(C)C1=O. The molecule has 2 heterocycles. The van der Waals surface area contributed by atoms with Gasteiger partial charge >= 0.3 is 6.03 Å². The molecule has 8 heteroatoms. The van der Waals surface area contributed by atoms with Crippen LogP contribution in [0.15, 0.2) is 29.4 Å². The molecule has 1 N–H and O–H groups in total. The third-order valence-electron chi connectivity index (χ3n) is 3.36. The first kappa shape index (κ1) is 16.3. The normalized spacial score (nSPS) is 18.0. The molecule has 0 spiro atoms. The minimum Gasteiger partial charge on any atom is -0.355 e. The third kappa shape index (κ3) is 3.76. The monoisotopic (exact) mass is 322 g/mol. The predicted molar refractivity (Wildman–Crippen MR) is 82.3 cm³/mol. The van der Waals surface area contributed by atoms with Crippen LogP contribution in [-0.4, -0.2) is 65.1 Å². The molecule has 7 nitrogen and oxygen atoms in total. The van der Waals surface area contributed by atoms with Crippen LogP contribution >= 0.6 is 11.8 Å². The van der Waals surface area contributed by atoms with Crippen LogP contribution in [0.25, 0.3) is 0 Å². The van der Waals surface area contributed by atoms with Crippen molar-refractivity contribution < 1.29 is 14.4 Å². The predicted octanol–water partition coefficient (Wildman–Crippen LogP) is 0.572. The summed E-state index contributed by atoms with van der Waals surface area (Å²) >= 11 is 1.54. The van der Waals surface area contributed by atoms with Crippen molar-refractivity contribution >= 4 is 29.6 Å². The molecule has 1 aliphatic heterocycles. The largest absolute Gasteiger partial charge is 0.355 e. The van der Waals surface area contributed by atoms with Crippen molar-refractivity contribution in [3.8, 4) is 0 Å². The maximum atomic E-state index is 11.9. The topological polar surface area (TPSA) is 82.6 Å². The molecule has 0 bridgehead atoms. The van der Waals surface area contributed by atoms with Crippen LogP contribution < -0.4 is 5.32 Å². The highest BCUT2D eigenvalue weighted by Gasteiger charge is 2.41. The molecule has 1 atom stereocenters. The molecule has 1 fully saturated rings. The molecule has 118 valence electrons. The summed E-state index contributed by atoms with van der Waals surface area (Å²) in [4.78, 5) is 41.8. The zero-order chi connectivity index (χ0) is 16.1. The number of carbonyl (C=O) groups is 3. The van der Waals surface area contributed by atoms with E-state index in [2.05, 4.69) is 10.3 Å². The van der Waals surface area contributed by atoms with Gasteiger partial charge in [-0.2, -0.15) is 0 Å². The number of nitrogens with zero attached hydrogens (tertiary/aromatic N) is 3. The zero-order valence-electron chi connectivity index (χ0n) is 12.5. The van der Waals surface area contributed by atoms with Crippen molar-refractivity contribution in [2.24, 2.45) is 0 Å². The van der Waals surface area contributed by atoms with Gasteiger partial charge in [0.1, 0.15) is 6.04 Å². The number of nitrogens with one attached hydrogen (secondary N) is 1. The van der Waals surface area contributed by atoms with E-state index in [1.54, 1.807) is 18.0 Å². The molecule has 1 aromatic rings. The minimum absolute atomic E-state index is 0.0142. The molecule has 0 radical (unpaired) electrons. The number of aromatic nitrogens is 1. The smallest absolute Gasteiger partial charge is 0.326 e. The van der Waals surface area contributed by atoms with Crippen molar-refractivity contribution in [3.63, 3.8) is 0 Å². The fourth-order valence-corrected chi connectivity index (χ4v) is 2.83. The van der Waals surface area contributed by atoms with Gasteiger partial charge in [-0.25, -0.2) is 9.78 Å². The standard InChI is InChI=1S/C14H18N4O3S/c1-17-10(13(20)18(2)14(17)21)9-11(19)15-7-8-22-12-5-3-4-6-16-12/h3-6,10H,7-9H2,1-2H3,(H,15,19)/t10-/m0/s1. The van der Waals surface area contributed by atoms with Gasteiger partial charge in [-0.1, -0.05) is 6.07 Å². The highest BCUT2D eigenvalue weighted by Crippen LogP contribution is 2.16. The molecule has 22 heavy (non-hydrogen) atoms. The summed E-state index contributed by atoms with van der Waals surface area (Å²) in [5.74, 6) is 0.108. The van der Waals surface area contributed by atoms with Gasteiger partial charge in [-0.3, -0.25) is 14.5 Å². The number of pyridine rings is 1. The fourth-order valence-electron chi connectivity index (χ4n) is 2.10. The van der Waals surface area contributed by atoms with Crippen LogP contribution in [0, 0.1) is 0 Å². The van der Waals surface area contributed by atoms with E-state index in [-0.39, 0.29) is 24.3 Å². The Bertz CT molecular complexity index is 566. The number of likely N-dealkylation sites (N-methyl/N-ethyl adjacent to an activating group) is 2. The maximum absolute atomic E-state index is 11.9. The van der Waals surface area contributed by atoms with Crippen molar-refractivity contribution in [2.75, 3.05) is 26.4 Å². The molecule has 1 saturated heterocycles. The zero-order valence-corrected chi connectivity index (χ0v) is 13.3. The number of hydrogen-bond donors (Lipinski definition) is 1. The molecular formula is C14H18N4O3S. The fraction of sp³-hybridized carbons (Fsp3) is 0.429. The first-order valence-corrected chi connectivity index (χ1v) is 7.84. The lowest BCUT2D eigenvalue weighted by Gasteiger charge is -2.15. The van der Waals surface area contributed by atoms with Crippen molar-refractivity contribution in [1.82, 2.24) is 20.1 Å². The molecule has 1 aromatic heterocycles. The molecule has 0 aliphatic carbocycles. The van der Waals surface area contributed by atoms with E-state index in [1.807, 2.05) is 18.2 Å². The quantitative estimate of drug-likeness (QED) is 0.470. The summed E-state index contributed by atoms with van der Waals surface area (Å²) in [7, 11) is 2.95. The van der Waals surface area contributed by atoms with Crippen LogP contribution in [0.1, 0.15) is 6.42 Å². The van der Waals surface area contributed by atoms with E-state index in [1.165, 1.54) is 19.0 Å². The van der Waals surface area contributed by atoms with Crippen molar-refractivity contribution in [2.45, 2.75) is 17.5 Å². The second kappa shape index (κ2) is 7.26. The van der Waals surface area contributed by atoms with E-state index in [9.17, 15) is 14.4 Å². The molecular weight excluding hydrogens is 304 g/mol. The highest BCUT2D eigenvalue weighted by atomic mass is 32.2. The molecule has 4 amide bonds. The summed E-state index contributed by atoms with van der Waals surface area (Å²) < 4.78 is 0. The second-order valence-corrected chi connectivity index (χ2v) is 5.99. The Balaban J connectivity index is 1.72. The number of imide groups is 1. The third-order valence-corrected chi connectivity index (χ3v) is 4.31. The van der Waals surface area contributed by atoms with Gasteiger partial charge in [-0.05, 0) is 12.1 Å². The van der Waals surface area contributed by atoms with E-state index < -0.39 is 6.04 Å². The lowest BCUT2D eigenvalue weighted by atomic mass is 10.2. The Labute approximate surface area is 133 Å². The number of thioether (sulfide) groups is 1. The van der Waals surface area contributed by atoms with Crippen molar-refractivity contribution in [3.05, 3.63) is 24.4 Å². The van der Waals surface area contributed by atoms with Gasteiger partial charge in [0, 0.05) is 32.6 Å². The summed E-state index contributed by atoms with van der Waals surface area (Å²) in [6.45, 7) is 0.481. The lowest BCUT2D eigenvalue weighted by molar-refractivity contribution is -0.131. The van der Waals surface area contributed by atoms with Gasteiger partial charge < -0.3 is 10.2 Å². The first-order valence-electron chi connectivity index (χ1n) is 6.85. The molecule has 0 saturated carbocycles. The minimum atomic E-state index is -0.707. The van der Waals surface area contributed by atoms with Gasteiger partial charge in [-0.15, -0.1) is 11.8 Å². The van der Waals surface area contributed by atoms with Crippen molar-refractivity contribution in [1.29, 1.82) is 0 Å². The molecule has 1 aliphatic rings. The van der Waals surface area contributed by atoms with E-state index in [0.29, 0.717) is 12.3 Å². The number of carbonyl (C=O) groups excluding carboxylic acids is 3. The van der Waals surface area contributed by atoms with Crippen LogP contribution in [0.3, 0.4) is 0 Å². The average molecular weight is 322 g/mol. The average Bonchev–Trinajstić information content (AvgIpc) is 2.70. The van der Waals surface area contributed by atoms with Crippen LogP contribution in [0.4, 0.5) is 4.79 Å². The Morgan fingerprint density at radius 2 is 2.14 bits per heavy atom. The maximum Gasteiger partial charge on any atom is 0.326 e. The van der Waals surface area contributed by atoms with Gasteiger partial charge in [0.25, 0.3) is 5.91 Å². The Morgan fingerprint density at radius 3 is 2.73 bits per heavy atom. The molecule has 2 rings (SSSR count). The van der Waals surface area contributed by atoms with Crippen LogP contribution in [-0.2, 0) is 9.59 Å². The second-order valence-electron chi connectivity index (χ2n) is 4.88. The lowest BCUT2D eigenvalue weighted by Crippen LogP contribution is -2.38. The van der Waals surface area contributed by atoms with E-state index >= 15 is 0 Å². The highest BCUT2D eigenvalue weighted by molar-refractivity contribution is 7.99. The number of urea groups is 1. The molecule has 0 unspecified atom stereocenters. The molecule has 0 aromatic carbocycles. The summed E-state index contributed by atoms with van der Waals surface area (Å²) in [6, 6.07) is 4.57. The number of hydrogen-bond acceptors (Lipinski definition) is 5. The Morgan fingerprint density at radius 1 is 1.36 bits per heavy atom. The van der Waals surface area contributed by atoms with E-state index in [0.717, 1.165) is 9.93 Å². The summed E-state index contributed by atoms with van der Waals surface area (Å²) in [5, 5.41) is 3.65. The summed E-state index contributed by atoms with van der Waals surface area (Å²) in [5.41, 5.74) is 0. The van der Waals surface area contributed by atoms with E-state index in [4.69, 9.17) is 0 Å². The summed E-state index contributed by atoms with van der Waals surface area (Å²) in [6.07, 6.45) is 1.70. The Kier molecular flexibility index (Phi) is 5.37. The Hall–Kier alpha value is -2.09. The van der Waals surface area contributed by atoms with Gasteiger partial charge in [0.15, 0.2) is 0 Å². The first-order chi connectivity index (χ1) is 10.5. The van der Waals surface area contributed by atoms with Gasteiger partial charge in [0.2, 0.25) is 5.91 Å². The van der Waals surface area contributed by atoms with Gasteiger partial charge in [0.05, 0.1) is 11.4 Å². The van der Waals surface area contributed by atoms with Crippen LogP contribution in [0.5, 0.6) is 0 Å². The number of amides is 4.